The maximum absolute atomic E-state index is 5.26. The molecule has 0 saturated carbocycles. The van der Waals surface area contributed by atoms with Crippen molar-refractivity contribution in [2.24, 2.45) is 0 Å². The summed E-state index contributed by atoms with van der Waals surface area (Å²) in [5, 5.41) is 4.03. The SMILES string of the molecule is COC(C)(C)CNc1nc(C)ns1. The molecule has 0 atom stereocenters. The average molecular weight is 201 g/mol. The zero-order valence-electron chi connectivity index (χ0n) is 8.42. The standard InChI is InChI=1S/C8H15N3OS/c1-6-10-7(13-11-6)9-5-8(2,3)12-4/h5H2,1-4H3,(H,9,10,11). The minimum atomic E-state index is -0.167. The van der Waals surface area contributed by atoms with Crippen LogP contribution in [-0.2, 0) is 4.74 Å². The lowest BCUT2D eigenvalue weighted by atomic mass is 10.1. The Morgan fingerprint density at radius 1 is 1.54 bits per heavy atom. The van der Waals surface area contributed by atoms with Crippen molar-refractivity contribution in [1.82, 2.24) is 9.36 Å². The van der Waals surface area contributed by atoms with Crippen LogP contribution < -0.4 is 5.32 Å². The quantitative estimate of drug-likeness (QED) is 0.805. The molecule has 0 aliphatic heterocycles. The van der Waals surface area contributed by atoms with Crippen LogP contribution in [0.2, 0.25) is 0 Å². The molecule has 0 saturated heterocycles. The third kappa shape index (κ3) is 3.28. The minimum absolute atomic E-state index is 0.167. The summed E-state index contributed by atoms with van der Waals surface area (Å²) in [6.07, 6.45) is 0. The molecule has 74 valence electrons. The molecule has 0 radical (unpaired) electrons. The Morgan fingerprint density at radius 2 is 2.23 bits per heavy atom. The topological polar surface area (TPSA) is 47.0 Å². The first-order valence-electron chi connectivity index (χ1n) is 4.13. The van der Waals surface area contributed by atoms with Gasteiger partial charge in [-0.3, -0.25) is 0 Å². The van der Waals surface area contributed by atoms with Crippen LogP contribution in [0.3, 0.4) is 0 Å². The van der Waals surface area contributed by atoms with Crippen molar-refractivity contribution in [3.05, 3.63) is 5.82 Å². The number of hydrogen-bond donors (Lipinski definition) is 1. The van der Waals surface area contributed by atoms with Gasteiger partial charge in [0.25, 0.3) is 0 Å². The molecular weight excluding hydrogens is 186 g/mol. The Bertz CT molecular complexity index is 272. The average Bonchev–Trinajstić information content (AvgIpc) is 2.48. The molecule has 0 fully saturated rings. The van der Waals surface area contributed by atoms with E-state index in [1.807, 2.05) is 20.8 Å². The molecule has 1 aromatic heterocycles. The van der Waals surface area contributed by atoms with Crippen LogP contribution in [0.5, 0.6) is 0 Å². The molecule has 1 N–H and O–H groups in total. The summed E-state index contributed by atoms with van der Waals surface area (Å²) in [6, 6.07) is 0. The van der Waals surface area contributed by atoms with E-state index < -0.39 is 0 Å². The van der Waals surface area contributed by atoms with Gasteiger partial charge in [0, 0.05) is 25.2 Å². The summed E-state index contributed by atoms with van der Waals surface area (Å²) in [4.78, 5) is 4.19. The van der Waals surface area contributed by atoms with E-state index in [0.29, 0.717) is 0 Å². The van der Waals surface area contributed by atoms with Crippen molar-refractivity contribution in [3.63, 3.8) is 0 Å². The Morgan fingerprint density at radius 3 is 2.69 bits per heavy atom. The van der Waals surface area contributed by atoms with E-state index in [1.165, 1.54) is 11.5 Å². The number of aromatic nitrogens is 2. The highest BCUT2D eigenvalue weighted by Crippen LogP contribution is 2.13. The van der Waals surface area contributed by atoms with Gasteiger partial charge in [-0.25, -0.2) is 4.98 Å². The summed E-state index contributed by atoms with van der Waals surface area (Å²) < 4.78 is 9.33. The van der Waals surface area contributed by atoms with Crippen molar-refractivity contribution in [2.75, 3.05) is 19.0 Å². The molecule has 0 aliphatic carbocycles. The van der Waals surface area contributed by atoms with E-state index in [2.05, 4.69) is 14.7 Å². The molecule has 0 amide bonds. The molecular formula is C8H15N3OS. The van der Waals surface area contributed by atoms with Gasteiger partial charge in [-0.1, -0.05) is 0 Å². The van der Waals surface area contributed by atoms with Crippen LogP contribution in [0, 0.1) is 6.92 Å². The van der Waals surface area contributed by atoms with Crippen molar-refractivity contribution < 1.29 is 4.74 Å². The number of methoxy groups -OCH3 is 1. The second-order valence-corrected chi connectivity index (χ2v) is 4.22. The Labute approximate surface area is 82.5 Å². The second kappa shape index (κ2) is 4.02. The van der Waals surface area contributed by atoms with Crippen molar-refractivity contribution in [2.45, 2.75) is 26.4 Å². The summed E-state index contributed by atoms with van der Waals surface area (Å²) >= 11 is 1.37. The van der Waals surface area contributed by atoms with E-state index in [-0.39, 0.29) is 5.60 Å². The predicted molar refractivity (Wildman–Crippen MR) is 54.2 cm³/mol. The number of nitrogens with one attached hydrogen (secondary N) is 1. The summed E-state index contributed by atoms with van der Waals surface area (Å²) in [6.45, 7) is 6.66. The van der Waals surface area contributed by atoms with E-state index in [0.717, 1.165) is 17.5 Å². The highest BCUT2D eigenvalue weighted by Gasteiger charge is 2.16. The number of hydrogen-bond acceptors (Lipinski definition) is 5. The van der Waals surface area contributed by atoms with E-state index >= 15 is 0 Å². The number of rotatable bonds is 4. The van der Waals surface area contributed by atoms with Crippen LogP contribution in [0.15, 0.2) is 0 Å². The van der Waals surface area contributed by atoms with Gasteiger partial charge in [0.2, 0.25) is 5.13 Å². The second-order valence-electron chi connectivity index (χ2n) is 3.46. The highest BCUT2D eigenvalue weighted by molar-refractivity contribution is 7.09. The smallest absolute Gasteiger partial charge is 0.202 e. The van der Waals surface area contributed by atoms with Crippen LogP contribution in [0.4, 0.5) is 5.13 Å². The maximum atomic E-state index is 5.26. The molecule has 0 bridgehead atoms. The molecule has 13 heavy (non-hydrogen) atoms. The number of anilines is 1. The molecule has 0 aromatic carbocycles. The molecule has 0 spiro atoms. The summed E-state index contributed by atoms with van der Waals surface area (Å²) in [7, 11) is 1.70. The maximum Gasteiger partial charge on any atom is 0.202 e. The summed E-state index contributed by atoms with van der Waals surface area (Å²) in [5.41, 5.74) is -0.167. The zero-order valence-corrected chi connectivity index (χ0v) is 9.23. The Kier molecular flexibility index (Phi) is 3.22. The van der Waals surface area contributed by atoms with E-state index in [9.17, 15) is 0 Å². The van der Waals surface area contributed by atoms with Gasteiger partial charge in [0.05, 0.1) is 5.60 Å². The third-order valence-corrected chi connectivity index (χ3v) is 2.51. The highest BCUT2D eigenvalue weighted by atomic mass is 32.1. The first-order chi connectivity index (χ1) is 6.03. The van der Waals surface area contributed by atoms with Crippen molar-refractivity contribution in [1.29, 1.82) is 0 Å². The van der Waals surface area contributed by atoms with Crippen molar-refractivity contribution in [3.8, 4) is 0 Å². The molecule has 5 heteroatoms. The van der Waals surface area contributed by atoms with Crippen LogP contribution in [0.1, 0.15) is 19.7 Å². The lowest BCUT2D eigenvalue weighted by molar-refractivity contribution is 0.0344. The number of aryl methyl sites for hydroxylation is 1. The fourth-order valence-electron chi connectivity index (χ4n) is 0.730. The number of ether oxygens (including phenoxy) is 1. The predicted octanol–water partition coefficient (Wildman–Crippen LogP) is 1.68. The fourth-order valence-corrected chi connectivity index (χ4v) is 1.30. The first kappa shape index (κ1) is 10.4. The monoisotopic (exact) mass is 201 g/mol. The van der Waals surface area contributed by atoms with Gasteiger partial charge < -0.3 is 10.1 Å². The van der Waals surface area contributed by atoms with E-state index in [4.69, 9.17) is 4.74 Å². The molecule has 1 aromatic rings. The minimum Gasteiger partial charge on any atom is -0.377 e. The molecule has 1 rings (SSSR count). The largest absolute Gasteiger partial charge is 0.377 e. The first-order valence-corrected chi connectivity index (χ1v) is 4.90. The normalized spacial score (nSPS) is 11.7. The Balaban J connectivity index is 2.43. The van der Waals surface area contributed by atoms with Gasteiger partial charge in [-0.2, -0.15) is 4.37 Å². The third-order valence-electron chi connectivity index (χ3n) is 1.75. The molecule has 0 unspecified atom stereocenters. The zero-order chi connectivity index (χ0) is 9.90. The summed E-state index contributed by atoms with van der Waals surface area (Å²) in [5.74, 6) is 0.808. The van der Waals surface area contributed by atoms with Crippen LogP contribution >= 0.6 is 11.5 Å². The van der Waals surface area contributed by atoms with Gasteiger partial charge in [0.15, 0.2) is 0 Å². The van der Waals surface area contributed by atoms with Gasteiger partial charge in [-0.05, 0) is 20.8 Å². The van der Waals surface area contributed by atoms with Crippen molar-refractivity contribution >= 4 is 16.7 Å². The molecule has 1 heterocycles. The van der Waals surface area contributed by atoms with Gasteiger partial charge in [-0.15, -0.1) is 0 Å². The molecule has 0 aliphatic rings. The fraction of sp³-hybridized carbons (Fsp3) is 0.750. The van der Waals surface area contributed by atoms with Crippen LogP contribution in [-0.4, -0.2) is 28.6 Å². The van der Waals surface area contributed by atoms with Gasteiger partial charge in [0.1, 0.15) is 5.82 Å². The molecule has 4 nitrogen and oxygen atoms in total. The van der Waals surface area contributed by atoms with E-state index in [1.54, 1.807) is 7.11 Å². The van der Waals surface area contributed by atoms with Gasteiger partial charge >= 0.3 is 0 Å². The lowest BCUT2D eigenvalue weighted by Crippen LogP contribution is -2.31. The number of nitrogens with zero attached hydrogens (tertiary/aromatic N) is 2. The van der Waals surface area contributed by atoms with Crippen LogP contribution in [0.25, 0.3) is 0 Å². The lowest BCUT2D eigenvalue weighted by Gasteiger charge is -2.22. The Hall–Kier alpha value is -0.680.